The number of ether oxygens (including phenoxy) is 1. The van der Waals surface area contributed by atoms with E-state index >= 15 is 0 Å². The van der Waals surface area contributed by atoms with E-state index in [1.807, 2.05) is 0 Å². The fourth-order valence-electron chi connectivity index (χ4n) is 1.50. The first-order chi connectivity index (χ1) is 8.58. The molecule has 1 aromatic heterocycles. The van der Waals surface area contributed by atoms with Crippen LogP contribution in [0, 0.1) is 0 Å². The molecule has 7 heteroatoms. The van der Waals surface area contributed by atoms with Gasteiger partial charge in [0.15, 0.2) is 0 Å². The zero-order chi connectivity index (χ0) is 13.1. The number of aromatic nitrogens is 2. The van der Waals surface area contributed by atoms with Crippen molar-refractivity contribution in [1.29, 1.82) is 0 Å². The molecule has 2 aromatic rings. The smallest absolute Gasteiger partial charge is 0.387 e. The van der Waals surface area contributed by atoms with Crippen LogP contribution in [0.1, 0.15) is 10.4 Å². The van der Waals surface area contributed by atoms with Crippen molar-refractivity contribution in [3.63, 3.8) is 0 Å². The summed E-state index contributed by atoms with van der Waals surface area (Å²) in [6.45, 7) is -2.93. The van der Waals surface area contributed by atoms with Crippen molar-refractivity contribution in [2.75, 3.05) is 0 Å². The molecule has 2 N–H and O–H groups in total. The zero-order valence-electron chi connectivity index (χ0n) is 8.93. The Morgan fingerprint density at radius 2 is 2.22 bits per heavy atom. The maximum Gasteiger partial charge on any atom is 0.387 e. The van der Waals surface area contributed by atoms with Crippen molar-refractivity contribution in [3.05, 3.63) is 36.0 Å². The van der Waals surface area contributed by atoms with Crippen LogP contribution in [0.15, 0.2) is 30.5 Å². The van der Waals surface area contributed by atoms with Crippen LogP contribution in [0.2, 0.25) is 0 Å². The summed E-state index contributed by atoms with van der Waals surface area (Å²) in [5.74, 6) is -1.20. The molecule has 2 rings (SSSR count). The van der Waals surface area contributed by atoms with Gasteiger partial charge in [-0.05, 0) is 12.1 Å². The molecule has 1 aromatic carbocycles. The molecule has 18 heavy (non-hydrogen) atoms. The summed E-state index contributed by atoms with van der Waals surface area (Å²) in [5, 5.41) is 15.0. The van der Waals surface area contributed by atoms with Crippen LogP contribution < -0.4 is 4.74 Å². The highest BCUT2D eigenvalue weighted by atomic mass is 19.3. The molecular weight excluding hydrogens is 246 g/mol. The third-order valence-corrected chi connectivity index (χ3v) is 2.22. The maximum atomic E-state index is 12.1. The highest BCUT2D eigenvalue weighted by Crippen LogP contribution is 2.25. The Morgan fingerprint density at radius 3 is 2.89 bits per heavy atom. The van der Waals surface area contributed by atoms with E-state index in [1.165, 1.54) is 18.2 Å². The van der Waals surface area contributed by atoms with Gasteiger partial charge in [0.1, 0.15) is 11.3 Å². The summed E-state index contributed by atoms with van der Waals surface area (Å²) in [4.78, 5) is 10.9. The van der Waals surface area contributed by atoms with Gasteiger partial charge in [0.2, 0.25) is 0 Å². The number of benzene rings is 1. The van der Waals surface area contributed by atoms with Gasteiger partial charge in [0, 0.05) is 5.56 Å². The van der Waals surface area contributed by atoms with Gasteiger partial charge in [-0.2, -0.15) is 13.9 Å². The third kappa shape index (κ3) is 2.45. The molecule has 0 spiro atoms. The number of H-pyrrole nitrogens is 1. The van der Waals surface area contributed by atoms with Crippen LogP contribution in [0.3, 0.4) is 0 Å². The van der Waals surface area contributed by atoms with E-state index in [1.54, 1.807) is 6.07 Å². The van der Waals surface area contributed by atoms with Crippen LogP contribution in [0.25, 0.3) is 11.3 Å². The second kappa shape index (κ2) is 4.82. The number of halogens is 2. The fraction of sp³-hybridized carbons (Fsp3) is 0.0909. The maximum absolute atomic E-state index is 12.1. The predicted octanol–water partition coefficient (Wildman–Crippen LogP) is 2.38. The number of aromatic amines is 1. The summed E-state index contributed by atoms with van der Waals surface area (Å²) in [5.41, 5.74) is 0.606. The third-order valence-electron chi connectivity index (χ3n) is 2.22. The minimum atomic E-state index is -2.93. The fourth-order valence-corrected chi connectivity index (χ4v) is 1.50. The van der Waals surface area contributed by atoms with Crippen LogP contribution in [0.4, 0.5) is 8.78 Å². The van der Waals surface area contributed by atoms with Crippen LogP contribution in [-0.4, -0.2) is 27.9 Å². The molecular formula is C11H8F2N2O3. The average Bonchev–Trinajstić information content (AvgIpc) is 2.77. The predicted molar refractivity (Wildman–Crippen MR) is 57.6 cm³/mol. The lowest BCUT2D eigenvalue weighted by molar-refractivity contribution is -0.0498. The second-order valence-electron chi connectivity index (χ2n) is 3.37. The molecule has 5 nitrogen and oxygen atoms in total. The Kier molecular flexibility index (Phi) is 3.22. The lowest BCUT2D eigenvalue weighted by atomic mass is 10.1. The molecule has 0 atom stereocenters. The summed E-state index contributed by atoms with van der Waals surface area (Å²) in [6.07, 6.45) is 1.15. The highest BCUT2D eigenvalue weighted by molar-refractivity contribution is 5.94. The number of carboxylic acids is 1. The number of hydrogen-bond acceptors (Lipinski definition) is 3. The van der Waals surface area contributed by atoms with E-state index in [0.29, 0.717) is 5.56 Å². The van der Waals surface area contributed by atoms with E-state index in [4.69, 9.17) is 5.11 Å². The number of rotatable bonds is 4. The number of carbonyl (C=O) groups is 1. The molecule has 0 radical (unpaired) electrons. The van der Waals surface area contributed by atoms with E-state index in [0.717, 1.165) is 6.20 Å². The first-order valence-electron chi connectivity index (χ1n) is 4.90. The van der Waals surface area contributed by atoms with Crippen molar-refractivity contribution in [2.24, 2.45) is 0 Å². The molecule has 0 aliphatic carbocycles. The number of nitrogens with one attached hydrogen (secondary N) is 1. The lowest BCUT2D eigenvalue weighted by Crippen LogP contribution is -2.02. The van der Waals surface area contributed by atoms with Gasteiger partial charge in [-0.3, -0.25) is 5.10 Å². The number of nitrogens with zero attached hydrogens (tertiary/aromatic N) is 1. The highest BCUT2D eigenvalue weighted by Gasteiger charge is 2.14. The molecule has 0 saturated carbocycles. The Morgan fingerprint density at radius 1 is 1.44 bits per heavy atom. The number of aromatic carboxylic acids is 1. The van der Waals surface area contributed by atoms with Gasteiger partial charge >= 0.3 is 12.6 Å². The topological polar surface area (TPSA) is 75.2 Å². The van der Waals surface area contributed by atoms with Gasteiger partial charge in [0.25, 0.3) is 0 Å². The van der Waals surface area contributed by atoms with Crippen molar-refractivity contribution in [3.8, 4) is 17.0 Å². The molecule has 0 saturated heterocycles. The number of hydrogen-bond donors (Lipinski definition) is 2. The first kappa shape index (κ1) is 12.0. The monoisotopic (exact) mass is 254 g/mol. The summed E-state index contributed by atoms with van der Waals surface area (Å²) < 4.78 is 28.4. The van der Waals surface area contributed by atoms with Crippen LogP contribution in [0.5, 0.6) is 5.75 Å². The van der Waals surface area contributed by atoms with Crippen LogP contribution >= 0.6 is 0 Å². The molecule has 0 unspecified atom stereocenters. The Labute approximate surface area is 100 Å². The Balaban J connectivity index is 2.38. The average molecular weight is 254 g/mol. The van der Waals surface area contributed by atoms with Gasteiger partial charge < -0.3 is 9.84 Å². The van der Waals surface area contributed by atoms with E-state index in [-0.39, 0.29) is 17.0 Å². The van der Waals surface area contributed by atoms with Gasteiger partial charge in [-0.1, -0.05) is 12.1 Å². The molecule has 0 aliphatic heterocycles. The standard InChI is InChI=1S/C11H8F2N2O3/c12-11(13)18-7-3-1-2-6(4-7)9-8(10(16)17)5-14-15-9/h1-5,11H,(H,14,15)(H,16,17). The van der Waals surface area contributed by atoms with Gasteiger partial charge in [-0.25, -0.2) is 4.79 Å². The van der Waals surface area contributed by atoms with E-state index in [2.05, 4.69) is 14.9 Å². The quantitative estimate of drug-likeness (QED) is 0.878. The first-order valence-corrected chi connectivity index (χ1v) is 4.90. The van der Waals surface area contributed by atoms with Crippen molar-refractivity contribution in [2.45, 2.75) is 6.61 Å². The Bertz CT molecular complexity index is 569. The van der Waals surface area contributed by atoms with Crippen molar-refractivity contribution < 1.29 is 23.4 Å². The minimum absolute atomic E-state index is 0.0378. The van der Waals surface area contributed by atoms with Gasteiger partial charge in [-0.15, -0.1) is 0 Å². The van der Waals surface area contributed by atoms with E-state index < -0.39 is 12.6 Å². The summed E-state index contributed by atoms with van der Waals surface area (Å²) in [6, 6.07) is 5.72. The molecule has 0 aliphatic rings. The van der Waals surface area contributed by atoms with Crippen molar-refractivity contribution >= 4 is 5.97 Å². The minimum Gasteiger partial charge on any atom is -0.478 e. The number of carboxylic acid groups (broad SMARTS) is 1. The molecule has 0 fully saturated rings. The summed E-state index contributed by atoms with van der Waals surface area (Å²) in [7, 11) is 0. The second-order valence-corrected chi connectivity index (χ2v) is 3.37. The Hall–Kier alpha value is -2.44. The SMILES string of the molecule is O=C(O)c1cn[nH]c1-c1cccc(OC(F)F)c1. The normalized spacial score (nSPS) is 10.6. The summed E-state index contributed by atoms with van der Waals surface area (Å²) >= 11 is 0. The zero-order valence-corrected chi connectivity index (χ0v) is 8.93. The number of alkyl halides is 2. The van der Waals surface area contributed by atoms with Crippen LogP contribution in [-0.2, 0) is 0 Å². The van der Waals surface area contributed by atoms with Gasteiger partial charge in [0.05, 0.1) is 11.9 Å². The lowest BCUT2D eigenvalue weighted by Gasteiger charge is -2.06. The molecule has 0 bridgehead atoms. The molecule has 0 amide bonds. The van der Waals surface area contributed by atoms with E-state index in [9.17, 15) is 13.6 Å². The van der Waals surface area contributed by atoms with Crippen molar-refractivity contribution in [1.82, 2.24) is 10.2 Å². The largest absolute Gasteiger partial charge is 0.478 e. The molecule has 1 heterocycles. The molecule has 94 valence electrons.